The van der Waals surface area contributed by atoms with Crippen molar-refractivity contribution in [2.45, 2.75) is 6.54 Å². The van der Waals surface area contributed by atoms with E-state index in [9.17, 15) is 4.79 Å². The molecule has 0 saturated heterocycles. The van der Waals surface area contributed by atoms with E-state index in [0.29, 0.717) is 23.7 Å². The zero-order valence-corrected chi connectivity index (χ0v) is 15.2. The second-order valence-electron chi connectivity index (χ2n) is 6.18. The molecule has 2 aromatic carbocycles. The molecule has 0 fully saturated rings. The van der Waals surface area contributed by atoms with Crippen LogP contribution in [0.25, 0.3) is 22.0 Å². The number of nitrogen functional groups attached to an aromatic ring is 1. The van der Waals surface area contributed by atoms with Gasteiger partial charge in [0, 0.05) is 24.4 Å². The molecular weight excluding hydrogens is 356 g/mol. The lowest BCUT2D eigenvalue weighted by Crippen LogP contribution is -2.24. The van der Waals surface area contributed by atoms with Crippen molar-refractivity contribution in [1.82, 2.24) is 15.5 Å². The van der Waals surface area contributed by atoms with Gasteiger partial charge in [0.05, 0.1) is 7.11 Å². The Bertz CT molecular complexity index is 1130. The van der Waals surface area contributed by atoms with Crippen molar-refractivity contribution in [1.29, 1.82) is 0 Å². The van der Waals surface area contributed by atoms with Gasteiger partial charge in [0.2, 0.25) is 11.8 Å². The van der Waals surface area contributed by atoms with Gasteiger partial charge in [-0.15, -0.1) is 0 Å². The highest BCUT2D eigenvalue weighted by Crippen LogP contribution is 2.27. The molecule has 4 aromatic rings. The first-order valence-corrected chi connectivity index (χ1v) is 8.68. The molecule has 0 aliphatic carbocycles. The number of carbonyl (C=O) groups is 1. The molecule has 2 heterocycles. The lowest BCUT2D eigenvalue weighted by Gasteiger charge is -2.09. The van der Waals surface area contributed by atoms with Crippen LogP contribution in [0.4, 0.5) is 5.88 Å². The Balaban J connectivity index is 1.59. The number of amides is 1. The van der Waals surface area contributed by atoms with E-state index in [4.69, 9.17) is 15.0 Å². The van der Waals surface area contributed by atoms with Gasteiger partial charge >= 0.3 is 0 Å². The molecule has 1 amide bonds. The molecule has 0 spiro atoms. The Morgan fingerprint density at radius 1 is 1.14 bits per heavy atom. The van der Waals surface area contributed by atoms with Gasteiger partial charge in [-0.05, 0) is 22.4 Å². The summed E-state index contributed by atoms with van der Waals surface area (Å²) in [6, 6.07) is 17.4. The van der Waals surface area contributed by atoms with Crippen LogP contribution in [0.2, 0.25) is 0 Å². The van der Waals surface area contributed by atoms with E-state index in [1.54, 1.807) is 18.3 Å². The van der Waals surface area contributed by atoms with Gasteiger partial charge in [-0.3, -0.25) is 4.79 Å². The van der Waals surface area contributed by atoms with Crippen LogP contribution in [0.3, 0.4) is 0 Å². The molecule has 7 nitrogen and oxygen atoms in total. The van der Waals surface area contributed by atoms with Crippen molar-refractivity contribution >= 4 is 22.6 Å². The molecule has 0 atom stereocenters. The summed E-state index contributed by atoms with van der Waals surface area (Å²) >= 11 is 0. The predicted molar refractivity (Wildman–Crippen MR) is 106 cm³/mol. The summed E-state index contributed by atoms with van der Waals surface area (Å²) < 4.78 is 10.1. The molecule has 0 saturated carbocycles. The molecule has 28 heavy (non-hydrogen) atoms. The molecule has 0 bridgehead atoms. The molecule has 7 heteroatoms. The van der Waals surface area contributed by atoms with E-state index in [2.05, 4.69) is 15.5 Å². The van der Waals surface area contributed by atoms with Gasteiger partial charge in [0.15, 0.2) is 0 Å². The summed E-state index contributed by atoms with van der Waals surface area (Å²) in [4.78, 5) is 17.0. The molecule has 0 aliphatic rings. The van der Waals surface area contributed by atoms with E-state index in [0.717, 1.165) is 16.3 Å². The fourth-order valence-corrected chi connectivity index (χ4v) is 3.07. The number of pyridine rings is 1. The maximum Gasteiger partial charge on any atom is 0.259 e. The molecule has 140 valence electrons. The van der Waals surface area contributed by atoms with Crippen LogP contribution < -0.4 is 15.8 Å². The number of hydrogen-bond acceptors (Lipinski definition) is 6. The molecule has 0 unspecified atom stereocenters. The molecule has 0 aliphatic heterocycles. The predicted octanol–water partition coefficient (Wildman–Crippen LogP) is 3.41. The normalized spacial score (nSPS) is 10.8. The zero-order valence-electron chi connectivity index (χ0n) is 15.2. The number of benzene rings is 2. The number of nitrogens with one attached hydrogen (secondary N) is 1. The van der Waals surface area contributed by atoms with E-state index >= 15 is 0 Å². The van der Waals surface area contributed by atoms with Crippen LogP contribution in [0.1, 0.15) is 15.9 Å². The molecule has 3 N–H and O–H groups in total. The van der Waals surface area contributed by atoms with Crippen molar-refractivity contribution in [3.05, 3.63) is 71.9 Å². The van der Waals surface area contributed by atoms with Crippen LogP contribution in [0, 0.1) is 0 Å². The number of carbonyl (C=O) groups excluding carboxylic acids is 1. The van der Waals surface area contributed by atoms with E-state index < -0.39 is 0 Å². The number of rotatable bonds is 5. The van der Waals surface area contributed by atoms with Gasteiger partial charge in [-0.25, -0.2) is 4.98 Å². The minimum absolute atomic E-state index is 0.0405. The standard InChI is InChI=1S/C21H18N4O3/c1-27-17-10-9-15(12-23-17)19-18(20(22)28-25-19)21(26)24-11-14-7-4-6-13-5-2-3-8-16(13)14/h2-10,12H,11,22H2,1H3,(H,24,26). The summed E-state index contributed by atoms with van der Waals surface area (Å²) in [5.41, 5.74) is 8.00. The van der Waals surface area contributed by atoms with Gasteiger partial charge in [0.25, 0.3) is 5.91 Å². The van der Waals surface area contributed by atoms with Gasteiger partial charge in [-0.2, -0.15) is 0 Å². The first-order chi connectivity index (χ1) is 13.7. The third-order valence-electron chi connectivity index (χ3n) is 4.48. The SMILES string of the molecule is COc1ccc(-c2noc(N)c2C(=O)NCc2cccc3ccccc23)cn1. The fourth-order valence-electron chi connectivity index (χ4n) is 3.07. The number of nitrogens with zero attached hydrogens (tertiary/aromatic N) is 2. The molecule has 2 aromatic heterocycles. The maximum atomic E-state index is 12.8. The van der Waals surface area contributed by atoms with Crippen molar-refractivity contribution in [3.63, 3.8) is 0 Å². The Hall–Kier alpha value is -3.87. The number of methoxy groups -OCH3 is 1. The van der Waals surface area contributed by atoms with Crippen LogP contribution in [0.15, 0.2) is 65.3 Å². The monoisotopic (exact) mass is 374 g/mol. The summed E-state index contributed by atoms with van der Waals surface area (Å²) in [6.45, 7) is 0.352. The molecule has 4 rings (SSSR count). The van der Waals surface area contributed by atoms with E-state index in [1.807, 2.05) is 42.5 Å². The highest BCUT2D eigenvalue weighted by molar-refractivity contribution is 6.03. The number of aromatic nitrogens is 2. The number of fused-ring (bicyclic) bond motifs is 1. The van der Waals surface area contributed by atoms with Crippen molar-refractivity contribution in [2.75, 3.05) is 12.8 Å². The smallest absolute Gasteiger partial charge is 0.259 e. The van der Waals surface area contributed by atoms with Crippen LogP contribution in [-0.4, -0.2) is 23.2 Å². The minimum Gasteiger partial charge on any atom is -0.481 e. The minimum atomic E-state index is -0.363. The quantitative estimate of drug-likeness (QED) is 0.555. The zero-order chi connectivity index (χ0) is 19.5. The highest BCUT2D eigenvalue weighted by Gasteiger charge is 2.22. The van der Waals surface area contributed by atoms with E-state index in [-0.39, 0.29) is 17.4 Å². The number of nitrogens with two attached hydrogens (primary N) is 1. The van der Waals surface area contributed by atoms with Crippen molar-refractivity contribution in [2.24, 2.45) is 0 Å². The Morgan fingerprint density at radius 3 is 2.75 bits per heavy atom. The third-order valence-corrected chi connectivity index (χ3v) is 4.48. The lowest BCUT2D eigenvalue weighted by molar-refractivity contribution is 0.0952. The second kappa shape index (κ2) is 7.40. The summed E-state index contributed by atoms with van der Waals surface area (Å²) in [5, 5.41) is 9.03. The molecular formula is C21H18N4O3. The Kier molecular flexibility index (Phi) is 4.63. The lowest BCUT2D eigenvalue weighted by atomic mass is 10.0. The van der Waals surface area contributed by atoms with E-state index in [1.165, 1.54) is 7.11 Å². The van der Waals surface area contributed by atoms with Crippen molar-refractivity contribution in [3.8, 4) is 17.1 Å². The first kappa shape index (κ1) is 17.5. The third kappa shape index (κ3) is 3.25. The van der Waals surface area contributed by atoms with Crippen LogP contribution >= 0.6 is 0 Å². The van der Waals surface area contributed by atoms with Gasteiger partial charge in [-0.1, -0.05) is 47.6 Å². The fraction of sp³-hybridized carbons (Fsp3) is 0.0952. The molecule has 0 radical (unpaired) electrons. The van der Waals surface area contributed by atoms with Crippen LogP contribution in [-0.2, 0) is 6.54 Å². The second-order valence-corrected chi connectivity index (χ2v) is 6.18. The Labute approximate surface area is 161 Å². The summed E-state index contributed by atoms with van der Waals surface area (Å²) in [6.07, 6.45) is 1.55. The average Bonchev–Trinajstić information content (AvgIpc) is 3.13. The summed E-state index contributed by atoms with van der Waals surface area (Å²) in [5.74, 6) is 0.0564. The number of hydrogen-bond donors (Lipinski definition) is 2. The number of anilines is 1. The first-order valence-electron chi connectivity index (χ1n) is 8.68. The van der Waals surface area contributed by atoms with Crippen molar-refractivity contribution < 1.29 is 14.1 Å². The van der Waals surface area contributed by atoms with Gasteiger partial charge < -0.3 is 20.3 Å². The average molecular weight is 374 g/mol. The highest BCUT2D eigenvalue weighted by atomic mass is 16.5. The summed E-state index contributed by atoms with van der Waals surface area (Å²) in [7, 11) is 1.53. The number of ether oxygens (including phenoxy) is 1. The maximum absolute atomic E-state index is 12.8. The topological polar surface area (TPSA) is 103 Å². The Morgan fingerprint density at radius 2 is 1.96 bits per heavy atom. The van der Waals surface area contributed by atoms with Crippen LogP contribution in [0.5, 0.6) is 5.88 Å². The van der Waals surface area contributed by atoms with Gasteiger partial charge in [0.1, 0.15) is 11.3 Å². The largest absolute Gasteiger partial charge is 0.481 e.